The Bertz CT molecular complexity index is 623. The van der Waals surface area contributed by atoms with E-state index < -0.39 is 0 Å². The molecular weight excluding hydrogens is 280 g/mol. The maximum Gasteiger partial charge on any atom is 0.0348 e. The fourth-order valence-electron chi connectivity index (χ4n) is 1.78. The Morgan fingerprint density at radius 1 is 0.812 bits per heavy atom. The van der Waals surface area contributed by atoms with Gasteiger partial charge in [-0.25, -0.2) is 0 Å². The smallest absolute Gasteiger partial charge is 0.0348 e. The summed E-state index contributed by atoms with van der Waals surface area (Å²) in [5.41, 5.74) is 2.54. The number of benzene rings is 2. The average molecular weight is 289 g/mol. The van der Waals surface area contributed by atoms with Gasteiger partial charge in [-0.15, -0.1) is 11.3 Å². The molecule has 0 fully saturated rings. The van der Waals surface area contributed by atoms with E-state index in [0.29, 0.717) is 0 Å². The molecule has 0 unspecified atom stereocenters. The molecule has 0 amide bonds. The van der Waals surface area contributed by atoms with Crippen LogP contribution in [0, 0.1) is 0 Å². The third-order valence-corrected chi connectivity index (χ3v) is 4.04. The first kappa shape index (κ1) is 10.1. The fourth-order valence-corrected chi connectivity index (χ4v) is 2.87. The number of hydrogen-bond donors (Lipinski definition) is 0. The van der Waals surface area contributed by atoms with Crippen LogP contribution in [0.4, 0.5) is 0 Å². The van der Waals surface area contributed by atoms with Gasteiger partial charge >= 0.3 is 0 Å². The van der Waals surface area contributed by atoms with Crippen LogP contribution in [0.15, 0.2) is 58.4 Å². The van der Waals surface area contributed by atoms with Crippen molar-refractivity contribution in [2.24, 2.45) is 0 Å². The first-order chi connectivity index (χ1) is 7.83. The van der Waals surface area contributed by atoms with Gasteiger partial charge in [0.25, 0.3) is 0 Å². The van der Waals surface area contributed by atoms with Crippen LogP contribution in [0.25, 0.3) is 21.2 Å². The summed E-state index contributed by atoms with van der Waals surface area (Å²) in [6, 6.07) is 17.2. The van der Waals surface area contributed by atoms with Gasteiger partial charge in [-0.1, -0.05) is 40.2 Å². The molecule has 0 radical (unpaired) electrons. The van der Waals surface area contributed by atoms with Crippen molar-refractivity contribution >= 4 is 37.4 Å². The SMILES string of the molecule is Brc1ccc(-c2ccc3ccsc3c2)cc1. The highest BCUT2D eigenvalue weighted by Crippen LogP contribution is 2.28. The maximum absolute atomic E-state index is 3.45. The zero-order valence-corrected chi connectivity index (χ0v) is 10.9. The Hall–Kier alpha value is -1.12. The normalized spacial score (nSPS) is 10.8. The lowest BCUT2D eigenvalue weighted by Gasteiger charge is -2.01. The molecule has 0 aliphatic carbocycles. The minimum atomic E-state index is 1.12. The van der Waals surface area contributed by atoms with E-state index in [4.69, 9.17) is 0 Å². The van der Waals surface area contributed by atoms with Crippen molar-refractivity contribution in [3.63, 3.8) is 0 Å². The molecule has 1 heterocycles. The highest BCUT2D eigenvalue weighted by Gasteiger charge is 2.00. The minimum absolute atomic E-state index is 1.12. The van der Waals surface area contributed by atoms with Gasteiger partial charge in [-0.2, -0.15) is 0 Å². The van der Waals surface area contributed by atoms with Gasteiger partial charge in [0.05, 0.1) is 0 Å². The van der Waals surface area contributed by atoms with Crippen LogP contribution in [0.1, 0.15) is 0 Å². The monoisotopic (exact) mass is 288 g/mol. The molecule has 0 nitrogen and oxygen atoms in total. The molecule has 78 valence electrons. The molecule has 0 aliphatic heterocycles. The Labute approximate surface area is 107 Å². The van der Waals surface area contributed by atoms with E-state index in [2.05, 4.69) is 69.8 Å². The number of halogens is 1. The van der Waals surface area contributed by atoms with Crippen molar-refractivity contribution in [3.05, 3.63) is 58.4 Å². The van der Waals surface area contributed by atoms with Gasteiger partial charge < -0.3 is 0 Å². The summed E-state index contributed by atoms with van der Waals surface area (Å²) in [6.45, 7) is 0. The number of thiophene rings is 1. The zero-order valence-electron chi connectivity index (χ0n) is 8.48. The van der Waals surface area contributed by atoms with Crippen molar-refractivity contribution in [1.82, 2.24) is 0 Å². The van der Waals surface area contributed by atoms with Crippen LogP contribution in [0.3, 0.4) is 0 Å². The van der Waals surface area contributed by atoms with Crippen molar-refractivity contribution in [3.8, 4) is 11.1 Å². The summed E-state index contributed by atoms with van der Waals surface area (Å²) in [4.78, 5) is 0. The first-order valence-corrected chi connectivity index (χ1v) is 6.73. The summed E-state index contributed by atoms with van der Waals surface area (Å²) in [7, 11) is 0. The molecule has 0 bridgehead atoms. The number of rotatable bonds is 1. The van der Waals surface area contributed by atoms with Crippen molar-refractivity contribution in [2.45, 2.75) is 0 Å². The second kappa shape index (κ2) is 4.04. The van der Waals surface area contributed by atoms with E-state index in [1.165, 1.54) is 21.2 Å². The van der Waals surface area contributed by atoms with Gasteiger partial charge in [0.1, 0.15) is 0 Å². The molecule has 0 aliphatic rings. The van der Waals surface area contributed by atoms with Crippen molar-refractivity contribution in [1.29, 1.82) is 0 Å². The van der Waals surface area contributed by atoms with E-state index in [9.17, 15) is 0 Å². The molecule has 1 aromatic heterocycles. The number of fused-ring (bicyclic) bond motifs is 1. The molecule has 0 spiro atoms. The highest BCUT2D eigenvalue weighted by atomic mass is 79.9. The minimum Gasteiger partial charge on any atom is -0.144 e. The summed E-state index contributed by atoms with van der Waals surface area (Å²) in [6.07, 6.45) is 0. The van der Waals surface area contributed by atoms with Crippen LogP contribution >= 0.6 is 27.3 Å². The summed E-state index contributed by atoms with van der Waals surface area (Å²) < 4.78 is 2.47. The Morgan fingerprint density at radius 3 is 2.38 bits per heavy atom. The summed E-state index contributed by atoms with van der Waals surface area (Å²) >= 11 is 5.24. The Kier molecular flexibility index (Phi) is 2.54. The van der Waals surface area contributed by atoms with Gasteiger partial charge in [0, 0.05) is 9.17 Å². The molecule has 0 N–H and O–H groups in total. The highest BCUT2D eigenvalue weighted by molar-refractivity contribution is 9.10. The number of hydrogen-bond acceptors (Lipinski definition) is 1. The second-order valence-electron chi connectivity index (χ2n) is 3.68. The van der Waals surface area contributed by atoms with Crippen molar-refractivity contribution in [2.75, 3.05) is 0 Å². The lowest BCUT2D eigenvalue weighted by molar-refractivity contribution is 1.62. The topological polar surface area (TPSA) is 0 Å². The molecule has 0 saturated heterocycles. The summed E-state index contributed by atoms with van der Waals surface area (Å²) in [5.74, 6) is 0. The third kappa shape index (κ3) is 1.79. The van der Waals surface area contributed by atoms with Gasteiger partial charge in [-0.05, 0) is 46.2 Å². The Morgan fingerprint density at radius 2 is 1.56 bits per heavy atom. The second-order valence-corrected chi connectivity index (χ2v) is 5.54. The van der Waals surface area contributed by atoms with Gasteiger partial charge in [0.15, 0.2) is 0 Å². The van der Waals surface area contributed by atoms with Crippen LogP contribution in [0.2, 0.25) is 0 Å². The quantitative estimate of drug-likeness (QED) is 0.568. The van der Waals surface area contributed by atoms with Crippen LogP contribution < -0.4 is 0 Å². The van der Waals surface area contributed by atoms with E-state index in [1.54, 1.807) is 11.3 Å². The predicted molar refractivity (Wildman–Crippen MR) is 75.0 cm³/mol. The molecule has 2 aromatic carbocycles. The fraction of sp³-hybridized carbons (Fsp3) is 0. The molecular formula is C14H9BrS. The van der Waals surface area contributed by atoms with Gasteiger partial charge in [-0.3, -0.25) is 0 Å². The lowest BCUT2D eigenvalue weighted by Crippen LogP contribution is -1.76. The van der Waals surface area contributed by atoms with E-state index >= 15 is 0 Å². The van der Waals surface area contributed by atoms with Crippen LogP contribution in [0.5, 0.6) is 0 Å². The molecule has 3 aromatic rings. The van der Waals surface area contributed by atoms with Gasteiger partial charge in [0.2, 0.25) is 0 Å². The standard InChI is InChI=1S/C14H9BrS/c15-13-5-3-10(4-6-13)12-2-1-11-7-8-16-14(11)9-12/h1-9H. The molecule has 2 heteroatoms. The zero-order chi connectivity index (χ0) is 11.0. The summed E-state index contributed by atoms with van der Waals surface area (Å²) in [5, 5.41) is 3.46. The Balaban J connectivity index is 2.14. The maximum atomic E-state index is 3.45. The lowest BCUT2D eigenvalue weighted by atomic mass is 10.1. The van der Waals surface area contributed by atoms with Crippen LogP contribution in [-0.2, 0) is 0 Å². The predicted octanol–water partition coefficient (Wildman–Crippen LogP) is 5.33. The largest absolute Gasteiger partial charge is 0.144 e. The third-order valence-electron chi connectivity index (χ3n) is 2.63. The molecule has 3 rings (SSSR count). The van der Waals surface area contributed by atoms with Crippen molar-refractivity contribution < 1.29 is 0 Å². The molecule has 0 saturated carbocycles. The van der Waals surface area contributed by atoms with Crippen LogP contribution in [-0.4, -0.2) is 0 Å². The van der Waals surface area contributed by atoms with E-state index in [1.807, 2.05) is 0 Å². The van der Waals surface area contributed by atoms with E-state index in [-0.39, 0.29) is 0 Å². The first-order valence-electron chi connectivity index (χ1n) is 5.06. The molecule has 0 atom stereocenters. The van der Waals surface area contributed by atoms with E-state index in [0.717, 1.165) is 4.47 Å². The molecule has 16 heavy (non-hydrogen) atoms. The average Bonchev–Trinajstić information content (AvgIpc) is 2.77.